The number of rotatable bonds is 9. The molecule has 0 radical (unpaired) electrons. The topological polar surface area (TPSA) is 71.1 Å². The zero-order valence-electron chi connectivity index (χ0n) is 21.1. The van der Waals surface area contributed by atoms with Crippen LogP contribution < -0.4 is 24.0 Å². The van der Waals surface area contributed by atoms with Gasteiger partial charge in [0.1, 0.15) is 0 Å². The molecule has 0 saturated heterocycles. The standard InChI is InChI=1S/C26H29F3O6SSi/c1-25(2,3)37(20-12-8-6-9-13-20,21-14-10-7-11-15-21)34-18-19-16-22(32-4)24(23(17-19)33-5)35-36(30,31)26(27,28)29/h6-17H,18H2,1-5H3. The van der Waals surface area contributed by atoms with E-state index in [1.807, 2.05) is 60.7 Å². The van der Waals surface area contributed by atoms with E-state index in [9.17, 15) is 21.6 Å². The van der Waals surface area contributed by atoms with Gasteiger partial charge in [-0.2, -0.15) is 21.6 Å². The molecule has 0 N–H and O–H groups in total. The Kier molecular flexibility index (Phi) is 8.30. The largest absolute Gasteiger partial charge is 0.534 e. The highest BCUT2D eigenvalue weighted by Gasteiger charge is 2.51. The van der Waals surface area contributed by atoms with Crippen molar-refractivity contribution in [3.8, 4) is 17.2 Å². The molecule has 0 heterocycles. The molecule has 3 aromatic rings. The van der Waals surface area contributed by atoms with Gasteiger partial charge < -0.3 is 18.1 Å². The summed E-state index contributed by atoms with van der Waals surface area (Å²) in [6.07, 6.45) is 0. The monoisotopic (exact) mass is 554 g/mol. The SMILES string of the molecule is COc1cc(CO[Si](c2ccccc2)(c2ccccc2)C(C)(C)C)cc(OC)c1OS(=O)(=O)C(F)(F)F. The van der Waals surface area contributed by atoms with Gasteiger partial charge in [-0.25, -0.2) is 0 Å². The van der Waals surface area contributed by atoms with Gasteiger partial charge >= 0.3 is 15.6 Å². The number of methoxy groups -OCH3 is 2. The number of hydrogen-bond acceptors (Lipinski definition) is 6. The average Bonchev–Trinajstić information content (AvgIpc) is 2.84. The zero-order valence-corrected chi connectivity index (χ0v) is 22.9. The van der Waals surface area contributed by atoms with Crippen molar-refractivity contribution in [3.05, 3.63) is 78.4 Å². The second kappa shape index (κ2) is 10.8. The molecule has 0 aliphatic carbocycles. The molecular formula is C26H29F3O6SSi. The fourth-order valence-electron chi connectivity index (χ4n) is 4.21. The van der Waals surface area contributed by atoms with Gasteiger partial charge in [0, 0.05) is 0 Å². The van der Waals surface area contributed by atoms with Gasteiger partial charge in [-0.1, -0.05) is 81.4 Å². The highest BCUT2D eigenvalue weighted by molar-refractivity contribution is 7.88. The summed E-state index contributed by atoms with van der Waals surface area (Å²) in [6, 6.07) is 22.6. The third-order valence-corrected chi connectivity index (χ3v) is 11.8. The lowest BCUT2D eigenvalue weighted by molar-refractivity contribution is -0.0501. The Bertz CT molecular complexity index is 1240. The van der Waals surface area contributed by atoms with Crippen LogP contribution in [0.3, 0.4) is 0 Å². The van der Waals surface area contributed by atoms with Crippen molar-refractivity contribution in [2.24, 2.45) is 0 Å². The van der Waals surface area contributed by atoms with Crippen molar-refractivity contribution >= 4 is 28.8 Å². The molecule has 0 aliphatic heterocycles. The first kappa shape index (κ1) is 28.5. The van der Waals surface area contributed by atoms with E-state index < -0.39 is 29.7 Å². The number of alkyl halides is 3. The lowest BCUT2D eigenvalue weighted by atomic mass is 10.2. The van der Waals surface area contributed by atoms with Crippen LogP contribution in [0.4, 0.5) is 13.2 Å². The normalized spacial score (nSPS) is 12.8. The van der Waals surface area contributed by atoms with Gasteiger partial charge in [-0.3, -0.25) is 0 Å². The number of halogens is 3. The van der Waals surface area contributed by atoms with Crippen LogP contribution in [0, 0.1) is 0 Å². The van der Waals surface area contributed by atoms with Gasteiger partial charge in [0.05, 0.1) is 20.8 Å². The second-order valence-corrected chi connectivity index (χ2v) is 15.1. The summed E-state index contributed by atoms with van der Waals surface area (Å²) in [6.45, 7) is 6.38. The summed E-state index contributed by atoms with van der Waals surface area (Å²) < 4.78 is 83.7. The van der Waals surface area contributed by atoms with Crippen LogP contribution in [0.25, 0.3) is 0 Å². The third kappa shape index (κ3) is 5.78. The highest BCUT2D eigenvalue weighted by Crippen LogP contribution is 2.43. The summed E-state index contributed by atoms with van der Waals surface area (Å²) in [5.74, 6) is -1.18. The molecule has 11 heteroatoms. The minimum atomic E-state index is -5.94. The van der Waals surface area contributed by atoms with Gasteiger partial charge in [0.2, 0.25) is 5.75 Å². The minimum absolute atomic E-state index is 0.0479. The lowest BCUT2D eigenvalue weighted by Crippen LogP contribution is -2.66. The molecule has 0 spiro atoms. The van der Waals surface area contributed by atoms with Gasteiger partial charge in [0.15, 0.2) is 11.5 Å². The first-order valence-electron chi connectivity index (χ1n) is 11.3. The highest BCUT2D eigenvalue weighted by atomic mass is 32.2. The average molecular weight is 555 g/mol. The first-order chi connectivity index (χ1) is 17.3. The maximum atomic E-state index is 12.9. The molecule has 200 valence electrons. The number of benzene rings is 3. The lowest BCUT2D eigenvalue weighted by Gasteiger charge is -2.43. The van der Waals surface area contributed by atoms with E-state index >= 15 is 0 Å². The Morgan fingerprint density at radius 3 is 1.57 bits per heavy atom. The van der Waals surface area contributed by atoms with Crippen molar-refractivity contribution in [2.45, 2.75) is 37.9 Å². The quantitative estimate of drug-likeness (QED) is 0.210. The molecule has 0 atom stereocenters. The van der Waals surface area contributed by atoms with Crippen LogP contribution in [0.15, 0.2) is 72.8 Å². The van der Waals surface area contributed by atoms with Gasteiger partial charge in [-0.05, 0) is 33.1 Å². The Balaban J connectivity index is 2.10. The molecule has 37 heavy (non-hydrogen) atoms. The maximum Gasteiger partial charge on any atom is 0.534 e. The fraction of sp³-hybridized carbons (Fsp3) is 0.308. The van der Waals surface area contributed by atoms with E-state index in [2.05, 4.69) is 25.0 Å². The summed E-state index contributed by atoms with van der Waals surface area (Å²) in [5, 5.41) is 1.78. The van der Waals surface area contributed by atoms with Gasteiger partial charge in [0.25, 0.3) is 8.32 Å². The Morgan fingerprint density at radius 2 is 1.22 bits per heavy atom. The van der Waals surface area contributed by atoms with E-state index in [-0.39, 0.29) is 23.1 Å². The van der Waals surface area contributed by atoms with Crippen LogP contribution >= 0.6 is 0 Å². The molecule has 0 saturated carbocycles. The fourth-order valence-corrected chi connectivity index (χ4v) is 9.23. The van der Waals surface area contributed by atoms with Crippen molar-refractivity contribution in [3.63, 3.8) is 0 Å². The summed E-state index contributed by atoms with van der Waals surface area (Å²) in [7, 11) is -6.48. The van der Waals surface area contributed by atoms with E-state index in [1.165, 1.54) is 26.4 Å². The van der Waals surface area contributed by atoms with E-state index in [0.717, 1.165) is 10.4 Å². The number of ether oxygens (including phenoxy) is 2. The first-order valence-corrected chi connectivity index (χ1v) is 14.6. The zero-order chi connectivity index (χ0) is 27.5. The second-order valence-electron chi connectivity index (χ2n) is 9.26. The predicted molar refractivity (Wildman–Crippen MR) is 138 cm³/mol. The van der Waals surface area contributed by atoms with Crippen LogP contribution in [0.1, 0.15) is 26.3 Å². The molecular weight excluding hydrogens is 525 g/mol. The van der Waals surface area contributed by atoms with Crippen molar-refractivity contribution < 1.29 is 39.7 Å². The predicted octanol–water partition coefficient (Wildman–Crippen LogP) is 5.01. The van der Waals surface area contributed by atoms with Crippen molar-refractivity contribution in [1.82, 2.24) is 0 Å². The van der Waals surface area contributed by atoms with E-state index in [1.54, 1.807) is 0 Å². The summed E-state index contributed by atoms with van der Waals surface area (Å²) in [4.78, 5) is 0. The van der Waals surface area contributed by atoms with Gasteiger partial charge in [-0.15, -0.1) is 0 Å². The third-order valence-electron chi connectivity index (χ3n) is 5.87. The number of hydrogen-bond donors (Lipinski definition) is 0. The molecule has 0 aromatic heterocycles. The summed E-state index contributed by atoms with van der Waals surface area (Å²) >= 11 is 0. The maximum absolute atomic E-state index is 12.9. The van der Waals surface area contributed by atoms with Crippen molar-refractivity contribution in [2.75, 3.05) is 14.2 Å². The van der Waals surface area contributed by atoms with Crippen LogP contribution in [-0.2, 0) is 21.2 Å². The van der Waals surface area contributed by atoms with E-state index in [4.69, 9.17) is 13.9 Å². The molecule has 0 amide bonds. The molecule has 0 fully saturated rings. The summed E-state index contributed by atoms with van der Waals surface area (Å²) in [5.41, 5.74) is -5.12. The van der Waals surface area contributed by atoms with Crippen molar-refractivity contribution in [1.29, 1.82) is 0 Å². The van der Waals surface area contributed by atoms with E-state index in [0.29, 0.717) is 5.56 Å². The molecule has 0 unspecified atom stereocenters. The van der Waals surface area contributed by atoms with Crippen LogP contribution in [0.2, 0.25) is 5.04 Å². The minimum Gasteiger partial charge on any atom is -0.493 e. The Labute approximate surface area is 216 Å². The Morgan fingerprint density at radius 1 is 0.784 bits per heavy atom. The molecule has 0 bridgehead atoms. The van der Waals surface area contributed by atoms with Crippen LogP contribution in [-0.4, -0.2) is 36.5 Å². The van der Waals surface area contributed by atoms with Crippen LogP contribution in [0.5, 0.6) is 17.2 Å². The Hall–Kier alpha value is -3.02. The molecule has 0 aliphatic rings. The molecule has 6 nitrogen and oxygen atoms in total. The molecule has 3 aromatic carbocycles. The smallest absolute Gasteiger partial charge is 0.493 e. The molecule has 3 rings (SSSR count).